The highest BCUT2D eigenvalue weighted by atomic mass is 35.5. The Bertz CT molecular complexity index is 2200. The fraction of sp³-hybridized carbons (Fsp3) is 0.488. The lowest BCUT2D eigenvalue weighted by Crippen LogP contribution is -2.42. The summed E-state index contributed by atoms with van der Waals surface area (Å²) < 4.78 is 87.6. The van der Waals surface area contributed by atoms with Gasteiger partial charge in [-0.2, -0.15) is 8.75 Å². The van der Waals surface area contributed by atoms with Crippen LogP contribution in [0.5, 0.6) is 11.8 Å². The van der Waals surface area contributed by atoms with Crippen molar-refractivity contribution >= 4 is 62.6 Å². The number of halogens is 6. The van der Waals surface area contributed by atoms with Crippen LogP contribution in [0.4, 0.5) is 41.5 Å². The van der Waals surface area contributed by atoms with Gasteiger partial charge in [0.25, 0.3) is 5.91 Å². The highest BCUT2D eigenvalue weighted by molar-refractivity contribution is 7.11. The summed E-state index contributed by atoms with van der Waals surface area (Å²) in [4.78, 5) is 38.3. The Kier molecular flexibility index (Phi) is 20.4. The average molecular weight is 979 g/mol. The van der Waals surface area contributed by atoms with E-state index in [9.17, 15) is 46.5 Å². The third kappa shape index (κ3) is 17.4. The number of aryl methyl sites for hydroxylation is 1. The van der Waals surface area contributed by atoms with Crippen LogP contribution >= 0.6 is 34.7 Å². The van der Waals surface area contributed by atoms with Crippen LogP contribution in [0.15, 0.2) is 24.3 Å². The van der Waals surface area contributed by atoms with E-state index in [1.54, 1.807) is 0 Å². The van der Waals surface area contributed by atoms with E-state index in [1.165, 1.54) is 25.8 Å². The maximum absolute atomic E-state index is 14.0. The van der Waals surface area contributed by atoms with Crippen molar-refractivity contribution in [3.05, 3.63) is 80.6 Å². The number of aliphatic hydroxyl groups excluding tert-OH is 2. The first-order chi connectivity index (χ1) is 30.7. The molecule has 0 aliphatic carbocycles. The molecule has 4 aromatic rings. The molecule has 358 valence electrons. The molecule has 0 saturated carbocycles. The summed E-state index contributed by atoms with van der Waals surface area (Å²) in [7, 11) is 0. The van der Waals surface area contributed by atoms with Crippen LogP contribution in [-0.4, -0.2) is 98.8 Å². The highest BCUT2D eigenvalue weighted by Gasteiger charge is 2.24. The first-order valence-corrected chi connectivity index (χ1v) is 22.3. The number of carbonyl (C=O) groups excluding carboxylic acids is 3. The van der Waals surface area contributed by atoms with Crippen LogP contribution in [0.1, 0.15) is 79.9 Å². The number of likely N-dealkylation sites (tertiary alicyclic amines) is 1. The molecule has 65 heavy (non-hydrogen) atoms. The predicted molar refractivity (Wildman–Crippen MR) is 237 cm³/mol. The van der Waals surface area contributed by atoms with Crippen LogP contribution in [0, 0.1) is 36.0 Å². The molecule has 2 atom stereocenters. The quantitative estimate of drug-likeness (QED) is 0.0339. The topological polar surface area (TPSA) is 225 Å². The van der Waals surface area contributed by atoms with Crippen LogP contribution < -0.4 is 41.8 Å². The number of carbonyl (C=O) groups is 3. The molecule has 0 spiro atoms. The maximum Gasteiger partial charge on any atom is 0.319 e. The van der Waals surface area contributed by atoms with E-state index in [1.807, 2.05) is 20.8 Å². The van der Waals surface area contributed by atoms with Crippen molar-refractivity contribution < 1.29 is 56.0 Å². The lowest BCUT2D eigenvalue weighted by atomic mass is 10.1. The molecule has 1 saturated heterocycles. The lowest BCUT2D eigenvalue weighted by Gasteiger charge is -2.22. The molecule has 2 unspecified atom stereocenters. The van der Waals surface area contributed by atoms with Crippen LogP contribution in [0.25, 0.3) is 0 Å². The van der Waals surface area contributed by atoms with Crippen molar-refractivity contribution in [2.75, 3.05) is 49.9 Å². The zero-order valence-corrected chi connectivity index (χ0v) is 38.5. The second kappa shape index (κ2) is 25.1. The molecule has 9 N–H and O–H groups in total. The zero-order valence-electron chi connectivity index (χ0n) is 36.1. The van der Waals surface area contributed by atoms with Crippen molar-refractivity contribution in [2.45, 2.75) is 90.8 Å². The Balaban J connectivity index is 0.000000286. The van der Waals surface area contributed by atoms with E-state index in [0.717, 1.165) is 60.9 Å². The number of aromatic nitrogens is 2. The minimum Gasteiger partial charge on any atom is -0.472 e. The monoisotopic (exact) mass is 977 g/mol. The van der Waals surface area contributed by atoms with E-state index in [0.29, 0.717) is 30.8 Å². The van der Waals surface area contributed by atoms with Crippen LogP contribution in [0.3, 0.4) is 0 Å². The smallest absolute Gasteiger partial charge is 0.319 e. The number of hydrogen-bond donors (Lipinski definition) is 8. The van der Waals surface area contributed by atoms with Gasteiger partial charge in [0.2, 0.25) is 11.8 Å². The number of rotatable bonds is 20. The Hall–Kier alpha value is -4.91. The van der Waals surface area contributed by atoms with Crippen LogP contribution in [-0.2, 0) is 13.2 Å². The van der Waals surface area contributed by atoms with E-state index >= 15 is 0 Å². The van der Waals surface area contributed by atoms with Gasteiger partial charge < -0.3 is 46.3 Å². The Labute approximate surface area is 385 Å². The maximum atomic E-state index is 14.0. The van der Waals surface area contributed by atoms with E-state index in [-0.39, 0.29) is 51.5 Å². The van der Waals surface area contributed by atoms with E-state index < -0.39 is 83.6 Å². The van der Waals surface area contributed by atoms with Crippen molar-refractivity contribution in [2.24, 2.45) is 5.73 Å². The van der Waals surface area contributed by atoms with Gasteiger partial charge in [-0.15, -0.1) is 0 Å². The average Bonchev–Trinajstić information content (AvgIpc) is 4.00. The Morgan fingerprint density at radius 3 is 2.06 bits per heavy atom. The van der Waals surface area contributed by atoms with Gasteiger partial charge in [0.15, 0.2) is 11.6 Å². The molecule has 5 rings (SSSR count). The number of primary amides is 1. The second-order valence-electron chi connectivity index (χ2n) is 15.9. The lowest BCUT2D eigenvalue weighted by molar-refractivity contribution is 0.0996. The number of urea groups is 2. The fourth-order valence-corrected chi connectivity index (χ4v) is 7.47. The molecule has 0 bridgehead atoms. The highest BCUT2D eigenvalue weighted by Crippen LogP contribution is 2.32. The summed E-state index contributed by atoms with van der Waals surface area (Å²) in [5.74, 6) is -6.34. The summed E-state index contributed by atoms with van der Waals surface area (Å²) in [6, 6.07) is 3.02. The molecular weight excluding hydrogens is 925 g/mol. The summed E-state index contributed by atoms with van der Waals surface area (Å²) >= 11 is 7.24. The van der Waals surface area contributed by atoms with Gasteiger partial charge in [0.05, 0.1) is 23.3 Å². The normalized spacial score (nSPS) is 13.7. The summed E-state index contributed by atoms with van der Waals surface area (Å²) in [5.41, 5.74) is 3.98. The Morgan fingerprint density at radius 1 is 0.831 bits per heavy atom. The summed E-state index contributed by atoms with van der Waals surface area (Å²) in [6.45, 7) is 9.94. The van der Waals surface area contributed by atoms with Crippen molar-refractivity contribution in [3.8, 4) is 11.8 Å². The molecular formula is C41H53ClF5N9O7S2. The zero-order chi connectivity index (χ0) is 47.8. The van der Waals surface area contributed by atoms with Gasteiger partial charge in [-0.05, 0) is 120 Å². The molecule has 1 fully saturated rings. The largest absolute Gasteiger partial charge is 0.472 e. The summed E-state index contributed by atoms with van der Waals surface area (Å²) in [6.07, 6.45) is 2.60. The number of amides is 5. The molecule has 1 aliphatic rings. The molecule has 2 aromatic carbocycles. The minimum atomic E-state index is -1.30. The summed E-state index contributed by atoms with van der Waals surface area (Å²) in [5, 5.41) is 33.6. The number of aliphatic hydroxyl groups is 2. The van der Waals surface area contributed by atoms with Crippen molar-refractivity contribution in [1.82, 2.24) is 29.6 Å². The van der Waals surface area contributed by atoms with Gasteiger partial charge in [-0.25, -0.2) is 31.5 Å². The number of nitrogens with two attached hydrogens (primary N) is 1. The molecule has 3 heterocycles. The predicted octanol–water partition coefficient (Wildman–Crippen LogP) is 6.82. The number of ether oxygens (including phenoxy) is 2. The molecule has 16 nitrogen and oxygen atoms in total. The first-order valence-electron chi connectivity index (χ1n) is 20.4. The number of benzene rings is 2. The third-order valence-electron chi connectivity index (χ3n) is 9.49. The van der Waals surface area contributed by atoms with Crippen molar-refractivity contribution in [3.63, 3.8) is 0 Å². The third-order valence-corrected chi connectivity index (χ3v) is 11.1. The number of nitrogens with one attached hydrogen (secondary N) is 5. The van der Waals surface area contributed by atoms with Gasteiger partial charge in [-0.1, -0.05) is 11.6 Å². The number of β-amino-alcohol motifs (C(OH)–C–C–N with tert-alkyl or cyclic N) is 1. The van der Waals surface area contributed by atoms with Gasteiger partial charge in [0.1, 0.15) is 46.2 Å². The van der Waals surface area contributed by atoms with E-state index in [4.69, 9.17) is 26.8 Å². The second-order valence-corrected chi connectivity index (χ2v) is 17.9. The molecule has 24 heteroatoms. The Morgan fingerprint density at radius 2 is 1.43 bits per heavy atom. The van der Waals surface area contributed by atoms with Gasteiger partial charge >= 0.3 is 12.1 Å². The SMILES string of the molecule is Cc1cc(F)c(COc2cc(NC(=O)NCCC(O)CNC(C)(C)C)sn2)c(F)c1F.NC(=O)c1c(OCc2c(F)cc(Cl)cc2F)nsc1NC(=O)NCCC(O)CCN1CCCC1. The molecule has 1 aliphatic heterocycles. The van der Waals surface area contributed by atoms with Gasteiger partial charge in [-0.3, -0.25) is 15.4 Å². The number of nitrogens with zero attached hydrogens (tertiary/aromatic N) is 3. The number of hydrogen-bond acceptors (Lipinski definition) is 13. The molecule has 0 radical (unpaired) electrons. The van der Waals surface area contributed by atoms with E-state index in [2.05, 4.69) is 40.2 Å². The minimum absolute atomic E-state index is 0.0200. The molecule has 2 aromatic heterocycles. The first kappa shape index (κ1) is 52.7. The van der Waals surface area contributed by atoms with Crippen molar-refractivity contribution in [1.29, 1.82) is 0 Å². The standard InChI is InChI=1S/C21H26ClF2N5O4S.C20H27F3N4O3S/c22-12-9-15(23)14(16(24)10-12)11-33-19-17(18(25)31)20(34-28-19)27-21(32)26-5-3-13(30)4-8-29-6-1-2-7-29;1-11-7-14(21)13(18(23)17(11)22)10-30-15-8-16(31-27-15)26-19(29)24-6-5-12(28)9-25-20(2,3)4/h9-10,13,30H,1-8,11H2,(H2,25,31)(H2,26,27,32);7-8,12,25,28H,5-6,9-10H2,1-4H3,(H2,24,26,29). The van der Waals surface area contributed by atoms with Crippen LogP contribution in [0.2, 0.25) is 5.02 Å². The van der Waals surface area contributed by atoms with Gasteiger partial charge in [0, 0.05) is 42.8 Å². The number of anilines is 2. The fourth-order valence-electron chi connectivity index (χ4n) is 5.96. The molecule has 5 amide bonds.